The van der Waals surface area contributed by atoms with Crippen LogP contribution in [0, 0.1) is 0 Å². The smallest absolute Gasteiger partial charge is 0.274 e. The molecule has 0 amide bonds. The zero-order valence-corrected chi connectivity index (χ0v) is 6.02. The summed E-state index contributed by atoms with van der Waals surface area (Å²) >= 11 is 0. The highest BCUT2D eigenvalue weighted by atomic mass is 16.7. The van der Waals surface area contributed by atoms with Gasteiger partial charge in [0.2, 0.25) is 0 Å². The minimum Gasteiger partial charge on any atom is -0.274 e. The standard InChI is InChI=1S/C6H11NO2/c1-5(2)6(8)9-7(3)4/h1H2,2-4H3/p+1. The Labute approximate surface area is 54.9 Å². The summed E-state index contributed by atoms with van der Waals surface area (Å²) in [6.45, 7) is 5.04. The van der Waals surface area contributed by atoms with E-state index in [1.54, 1.807) is 21.0 Å². The predicted octanol–water partition coefficient (Wildman–Crippen LogP) is -0.835. The largest absolute Gasteiger partial charge is 0.392 e. The number of hydrogen-bond donors (Lipinski definition) is 1. The highest BCUT2D eigenvalue weighted by Gasteiger charge is 2.06. The summed E-state index contributed by atoms with van der Waals surface area (Å²) in [4.78, 5) is 15.3. The Balaban J connectivity index is 3.65. The van der Waals surface area contributed by atoms with Gasteiger partial charge in [-0.2, -0.15) is 0 Å². The molecule has 0 radical (unpaired) electrons. The van der Waals surface area contributed by atoms with Crippen molar-refractivity contribution in [1.29, 1.82) is 0 Å². The third kappa shape index (κ3) is 3.73. The molecule has 0 fully saturated rings. The molecule has 0 spiro atoms. The van der Waals surface area contributed by atoms with Crippen molar-refractivity contribution in [3.05, 3.63) is 12.2 Å². The summed E-state index contributed by atoms with van der Waals surface area (Å²) in [5.41, 5.74) is 0.427. The van der Waals surface area contributed by atoms with Crippen molar-refractivity contribution < 1.29 is 14.7 Å². The van der Waals surface area contributed by atoms with Crippen molar-refractivity contribution in [2.75, 3.05) is 14.1 Å². The normalized spacial score (nSPS) is 9.33. The minimum atomic E-state index is -0.352. The summed E-state index contributed by atoms with van der Waals surface area (Å²) in [5.74, 6) is -0.352. The summed E-state index contributed by atoms with van der Waals surface area (Å²) < 4.78 is 0. The zero-order valence-electron chi connectivity index (χ0n) is 6.02. The molecular weight excluding hydrogens is 118 g/mol. The molecule has 0 saturated heterocycles. The molecule has 0 aromatic rings. The van der Waals surface area contributed by atoms with Gasteiger partial charge in [-0.15, -0.1) is 5.06 Å². The van der Waals surface area contributed by atoms with Crippen molar-refractivity contribution in [2.45, 2.75) is 6.92 Å². The van der Waals surface area contributed by atoms with Gasteiger partial charge in [0.25, 0.3) is 0 Å². The first-order chi connectivity index (χ1) is 4.04. The van der Waals surface area contributed by atoms with E-state index in [1.807, 2.05) is 0 Å². The molecule has 0 heterocycles. The van der Waals surface area contributed by atoms with E-state index in [0.717, 1.165) is 0 Å². The molecule has 52 valence electrons. The molecule has 3 heteroatoms. The van der Waals surface area contributed by atoms with Gasteiger partial charge in [0.1, 0.15) is 14.1 Å². The SMILES string of the molecule is C=C(C)C(=O)O[NH+](C)C. The summed E-state index contributed by atoms with van der Waals surface area (Å²) in [5, 5.41) is 0.642. The highest BCUT2D eigenvalue weighted by Crippen LogP contribution is 1.85. The molecular formula is C6H12NO2+. The van der Waals surface area contributed by atoms with Crippen LogP contribution in [0.25, 0.3) is 0 Å². The fourth-order valence-corrected chi connectivity index (χ4v) is 0.273. The first-order valence-corrected chi connectivity index (χ1v) is 2.72. The van der Waals surface area contributed by atoms with Crippen LogP contribution >= 0.6 is 0 Å². The third-order valence-electron chi connectivity index (χ3n) is 0.645. The Morgan fingerprint density at radius 2 is 2.00 bits per heavy atom. The molecule has 0 aliphatic heterocycles. The fraction of sp³-hybridized carbons (Fsp3) is 0.500. The van der Waals surface area contributed by atoms with Crippen LogP contribution in [0.4, 0.5) is 0 Å². The van der Waals surface area contributed by atoms with E-state index in [4.69, 9.17) is 0 Å². The second-order valence-corrected chi connectivity index (χ2v) is 2.08. The summed E-state index contributed by atoms with van der Waals surface area (Å²) in [6.07, 6.45) is 0. The fourth-order valence-electron chi connectivity index (χ4n) is 0.273. The average Bonchev–Trinajstić information content (AvgIpc) is 1.63. The van der Waals surface area contributed by atoms with Gasteiger partial charge in [-0.05, 0) is 6.92 Å². The molecule has 0 aliphatic carbocycles. The van der Waals surface area contributed by atoms with Gasteiger partial charge in [0, 0.05) is 5.57 Å². The quantitative estimate of drug-likeness (QED) is 0.390. The van der Waals surface area contributed by atoms with Crippen molar-refractivity contribution in [3.63, 3.8) is 0 Å². The Bertz CT molecular complexity index is 129. The predicted molar refractivity (Wildman–Crippen MR) is 33.7 cm³/mol. The Kier molecular flexibility index (Phi) is 2.95. The van der Waals surface area contributed by atoms with Crippen LogP contribution in [-0.4, -0.2) is 20.1 Å². The van der Waals surface area contributed by atoms with Gasteiger partial charge in [-0.1, -0.05) is 6.58 Å². The van der Waals surface area contributed by atoms with Crippen LogP contribution in [0.15, 0.2) is 12.2 Å². The number of hydroxylamine groups is 2. The number of rotatable bonds is 2. The van der Waals surface area contributed by atoms with E-state index < -0.39 is 0 Å². The maximum Gasteiger partial charge on any atom is 0.392 e. The second kappa shape index (κ2) is 3.25. The van der Waals surface area contributed by atoms with Crippen LogP contribution in [0.3, 0.4) is 0 Å². The molecule has 1 N–H and O–H groups in total. The minimum absolute atomic E-state index is 0.352. The Morgan fingerprint density at radius 3 is 2.11 bits per heavy atom. The second-order valence-electron chi connectivity index (χ2n) is 2.08. The lowest BCUT2D eigenvalue weighted by Crippen LogP contribution is -3.05. The van der Waals surface area contributed by atoms with E-state index in [9.17, 15) is 4.79 Å². The van der Waals surface area contributed by atoms with Gasteiger partial charge < -0.3 is 0 Å². The van der Waals surface area contributed by atoms with Crippen LogP contribution < -0.4 is 5.06 Å². The number of carbonyl (C=O) groups excluding carboxylic acids is 1. The maximum absolute atomic E-state index is 10.6. The number of hydrogen-bond acceptors (Lipinski definition) is 2. The molecule has 0 aromatic heterocycles. The molecule has 0 saturated carbocycles. The molecule has 0 rings (SSSR count). The van der Waals surface area contributed by atoms with Gasteiger partial charge in [0.15, 0.2) is 0 Å². The van der Waals surface area contributed by atoms with Gasteiger partial charge in [0.05, 0.1) is 0 Å². The Morgan fingerprint density at radius 1 is 1.56 bits per heavy atom. The lowest BCUT2D eigenvalue weighted by atomic mass is 10.4. The monoisotopic (exact) mass is 130 g/mol. The van der Waals surface area contributed by atoms with Crippen LogP contribution in [-0.2, 0) is 9.63 Å². The topological polar surface area (TPSA) is 30.7 Å². The lowest BCUT2D eigenvalue weighted by molar-refractivity contribution is -1.04. The van der Waals surface area contributed by atoms with Crippen molar-refractivity contribution >= 4 is 5.97 Å². The highest BCUT2D eigenvalue weighted by molar-refractivity contribution is 5.86. The van der Waals surface area contributed by atoms with Crippen LogP contribution in [0.5, 0.6) is 0 Å². The van der Waals surface area contributed by atoms with Crippen molar-refractivity contribution in [3.8, 4) is 0 Å². The number of quaternary nitrogens is 1. The average molecular weight is 130 g/mol. The molecule has 0 bridgehead atoms. The van der Waals surface area contributed by atoms with Crippen molar-refractivity contribution in [1.82, 2.24) is 0 Å². The van der Waals surface area contributed by atoms with Crippen molar-refractivity contribution in [2.24, 2.45) is 0 Å². The van der Waals surface area contributed by atoms with Crippen LogP contribution in [0.2, 0.25) is 0 Å². The van der Waals surface area contributed by atoms with E-state index >= 15 is 0 Å². The summed E-state index contributed by atoms with van der Waals surface area (Å²) in [7, 11) is 3.45. The molecule has 0 aromatic carbocycles. The lowest BCUT2D eigenvalue weighted by Gasteiger charge is -2.04. The molecule has 3 nitrogen and oxygen atoms in total. The molecule has 9 heavy (non-hydrogen) atoms. The van der Waals surface area contributed by atoms with E-state index in [0.29, 0.717) is 10.6 Å². The molecule has 0 aliphatic rings. The maximum atomic E-state index is 10.6. The molecule has 0 unspecified atom stereocenters. The van der Waals surface area contributed by atoms with Crippen LogP contribution in [0.1, 0.15) is 6.92 Å². The number of nitrogens with one attached hydrogen (secondary N) is 1. The van der Waals surface area contributed by atoms with Gasteiger partial charge in [-0.25, -0.2) is 4.79 Å². The third-order valence-corrected chi connectivity index (χ3v) is 0.645. The number of carbonyl (C=O) groups is 1. The van der Waals surface area contributed by atoms with Gasteiger partial charge >= 0.3 is 5.97 Å². The summed E-state index contributed by atoms with van der Waals surface area (Å²) in [6, 6.07) is 0. The van der Waals surface area contributed by atoms with E-state index in [2.05, 4.69) is 11.4 Å². The van der Waals surface area contributed by atoms with E-state index in [1.165, 1.54) is 0 Å². The first kappa shape index (κ1) is 8.17. The first-order valence-electron chi connectivity index (χ1n) is 2.72. The zero-order chi connectivity index (χ0) is 7.44. The van der Waals surface area contributed by atoms with Gasteiger partial charge in [-0.3, -0.25) is 4.84 Å². The van der Waals surface area contributed by atoms with E-state index in [-0.39, 0.29) is 5.97 Å². The Hall–Kier alpha value is -0.830. The molecule has 0 atom stereocenters.